The minimum absolute atomic E-state index is 0.00555. The highest BCUT2D eigenvalue weighted by Gasteiger charge is 2.48. The number of carbonyl (C=O) groups is 1. The Hall–Kier alpha value is -5.00. The SMILES string of the molecule is Cc1nc2cnc(N(C)C3CCN(C4CC(F)(F)C4)CC3)c(C#N)c2c(=O)n1CC#Cc1ccc(Cl)cc1-c1ccnc2c(C(=O)NS(C)(=O)=O)csc12. The van der Waals surface area contributed by atoms with E-state index in [9.17, 15) is 32.0 Å². The van der Waals surface area contributed by atoms with Crippen molar-refractivity contribution in [3.63, 3.8) is 0 Å². The van der Waals surface area contributed by atoms with E-state index in [2.05, 4.69) is 37.8 Å². The smallest absolute Gasteiger partial charge is 0.267 e. The number of pyridine rings is 2. The Labute approximate surface area is 318 Å². The number of nitrogens with zero attached hydrogens (tertiary/aromatic N) is 7. The average molecular weight is 791 g/mol. The summed E-state index contributed by atoms with van der Waals surface area (Å²) in [7, 11) is -1.96. The number of hydrogen-bond donors (Lipinski definition) is 1. The van der Waals surface area contributed by atoms with Gasteiger partial charge in [0.2, 0.25) is 10.0 Å². The molecule has 5 aromatic rings. The van der Waals surface area contributed by atoms with Crippen LogP contribution < -0.4 is 15.2 Å². The van der Waals surface area contributed by atoms with E-state index < -0.39 is 27.4 Å². The standard InChI is InChI=1S/C37H33ClF2N8O4S2/c1-21-44-30-19-43-34(46(2)24-9-13-47(14-10-24)25-16-37(39,40)17-25)28(18-41)31(30)36(50)48(21)12-4-5-22-6-7-23(38)15-27(22)26-8-11-42-32-29(20-53-33(26)32)35(49)45-54(3,51)52/h6-8,11,15,19-20,24-25H,9-10,12-14,16-17H2,1-3H3,(H,45,49). The van der Waals surface area contributed by atoms with Crippen LogP contribution >= 0.6 is 22.9 Å². The van der Waals surface area contributed by atoms with Gasteiger partial charge in [-0.3, -0.25) is 24.0 Å². The lowest BCUT2D eigenvalue weighted by Gasteiger charge is -2.46. The number of nitrogens with one attached hydrogen (secondary N) is 1. The Kier molecular flexibility index (Phi) is 9.91. The van der Waals surface area contributed by atoms with Crippen LogP contribution in [0.5, 0.6) is 0 Å². The first kappa shape index (κ1) is 37.3. The summed E-state index contributed by atoms with van der Waals surface area (Å²) in [4.78, 5) is 44.2. The van der Waals surface area contributed by atoms with Crippen LogP contribution in [0.2, 0.25) is 5.02 Å². The largest absolute Gasteiger partial charge is 0.355 e. The second-order valence-corrected chi connectivity index (χ2v) is 16.6. The third kappa shape index (κ3) is 7.27. The first-order chi connectivity index (χ1) is 25.6. The molecule has 0 radical (unpaired) electrons. The van der Waals surface area contributed by atoms with Crippen molar-refractivity contribution in [1.29, 1.82) is 5.26 Å². The van der Waals surface area contributed by atoms with E-state index in [4.69, 9.17) is 11.6 Å². The number of aromatic nitrogens is 4. The van der Waals surface area contributed by atoms with Crippen molar-refractivity contribution in [2.45, 2.75) is 57.2 Å². The fourth-order valence-electron chi connectivity index (χ4n) is 7.16. The summed E-state index contributed by atoms with van der Waals surface area (Å²) in [6.45, 7) is 2.95. The van der Waals surface area contributed by atoms with Crippen molar-refractivity contribution in [2.75, 3.05) is 31.3 Å². The highest BCUT2D eigenvalue weighted by molar-refractivity contribution is 7.89. The molecule has 4 aromatic heterocycles. The Bertz CT molecular complexity index is 2610. The maximum absolute atomic E-state index is 14.1. The van der Waals surface area contributed by atoms with Gasteiger partial charge in [0.05, 0.1) is 45.7 Å². The van der Waals surface area contributed by atoms with E-state index in [1.165, 1.54) is 33.7 Å². The number of benzene rings is 1. The normalized spacial score (nSPS) is 16.4. The second kappa shape index (κ2) is 14.3. The molecule has 1 saturated carbocycles. The molecule has 12 nitrogen and oxygen atoms in total. The van der Waals surface area contributed by atoms with Crippen LogP contribution in [0.4, 0.5) is 14.6 Å². The van der Waals surface area contributed by atoms with Gasteiger partial charge >= 0.3 is 0 Å². The number of fused-ring (bicyclic) bond motifs is 2. The molecule has 1 N–H and O–H groups in total. The Balaban J connectivity index is 1.17. The fourth-order valence-corrected chi connectivity index (χ4v) is 8.81. The lowest BCUT2D eigenvalue weighted by molar-refractivity contribution is -0.127. The topological polar surface area (TPSA) is 154 Å². The van der Waals surface area contributed by atoms with E-state index in [1.807, 2.05) is 16.7 Å². The molecule has 1 amide bonds. The van der Waals surface area contributed by atoms with Crippen molar-refractivity contribution in [1.82, 2.24) is 29.1 Å². The molecule has 54 heavy (non-hydrogen) atoms. The molecule has 0 atom stereocenters. The van der Waals surface area contributed by atoms with Gasteiger partial charge in [0.25, 0.3) is 17.4 Å². The monoisotopic (exact) mass is 790 g/mol. The van der Waals surface area contributed by atoms with E-state index in [-0.39, 0.29) is 48.0 Å². The average Bonchev–Trinajstić information content (AvgIpc) is 3.56. The first-order valence-corrected chi connectivity index (χ1v) is 20.1. The number of sulfonamides is 1. The van der Waals surface area contributed by atoms with Crippen molar-refractivity contribution in [3.05, 3.63) is 79.9 Å². The molecule has 5 heterocycles. The van der Waals surface area contributed by atoms with Gasteiger partial charge in [0.15, 0.2) is 0 Å². The fraction of sp³-hybridized carbons (Fsp3) is 0.351. The minimum atomic E-state index is -3.79. The zero-order chi connectivity index (χ0) is 38.5. The number of aryl methyl sites for hydroxylation is 1. The Morgan fingerprint density at radius 2 is 1.93 bits per heavy atom. The van der Waals surface area contributed by atoms with Gasteiger partial charge in [-0.15, -0.1) is 11.3 Å². The number of carbonyl (C=O) groups excluding carboxylic acids is 1. The van der Waals surface area contributed by atoms with Crippen LogP contribution in [0.3, 0.4) is 0 Å². The van der Waals surface area contributed by atoms with Crippen molar-refractivity contribution in [3.8, 4) is 29.0 Å². The lowest BCUT2D eigenvalue weighted by atomic mass is 9.85. The highest BCUT2D eigenvalue weighted by Crippen LogP contribution is 2.42. The lowest BCUT2D eigenvalue weighted by Crippen LogP contribution is -2.55. The van der Waals surface area contributed by atoms with E-state index in [0.29, 0.717) is 75.0 Å². The number of halogens is 3. The molecule has 1 aliphatic carbocycles. The van der Waals surface area contributed by atoms with Crippen LogP contribution in [0, 0.1) is 30.1 Å². The summed E-state index contributed by atoms with van der Waals surface area (Å²) in [5, 5.41) is 12.4. The van der Waals surface area contributed by atoms with Gasteiger partial charge in [-0.25, -0.2) is 31.9 Å². The molecule has 1 aromatic carbocycles. The molecular weight excluding hydrogens is 758 g/mol. The summed E-state index contributed by atoms with van der Waals surface area (Å²) in [5.74, 6) is 3.59. The number of hydrogen-bond acceptors (Lipinski definition) is 11. The summed E-state index contributed by atoms with van der Waals surface area (Å²) in [6.07, 6.45) is 5.10. The van der Waals surface area contributed by atoms with Gasteiger partial charge in [-0.2, -0.15) is 5.26 Å². The summed E-state index contributed by atoms with van der Waals surface area (Å²) in [6, 6.07) is 8.99. The van der Waals surface area contributed by atoms with Crippen molar-refractivity contribution in [2.24, 2.45) is 0 Å². The van der Waals surface area contributed by atoms with Gasteiger partial charge < -0.3 is 4.90 Å². The van der Waals surface area contributed by atoms with Gasteiger partial charge in [0, 0.05) is 78.4 Å². The highest BCUT2D eigenvalue weighted by atomic mass is 35.5. The summed E-state index contributed by atoms with van der Waals surface area (Å²) >= 11 is 7.64. The number of rotatable bonds is 7. The quantitative estimate of drug-likeness (QED) is 0.214. The molecule has 1 saturated heterocycles. The Morgan fingerprint density at radius 1 is 1.19 bits per heavy atom. The summed E-state index contributed by atoms with van der Waals surface area (Å²) in [5.41, 5.74) is 2.28. The number of anilines is 1. The molecule has 0 spiro atoms. The van der Waals surface area contributed by atoms with Crippen molar-refractivity contribution >= 4 is 65.8 Å². The molecule has 2 aliphatic rings. The molecule has 0 bridgehead atoms. The molecular formula is C37H33ClF2N8O4S2. The molecule has 7 rings (SSSR count). The number of nitriles is 1. The van der Waals surface area contributed by atoms with Gasteiger partial charge in [-0.05, 0) is 44.0 Å². The number of amides is 1. The van der Waals surface area contributed by atoms with Crippen LogP contribution in [0.1, 0.15) is 53.0 Å². The number of piperidine rings is 1. The predicted octanol–water partition coefficient (Wildman–Crippen LogP) is 5.34. The molecule has 2 fully saturated rings. The van der Waals surface area contributed by atoms with Crippen LogP contribution in [0.25, 0.3) is 32.2 Å². The van der Waals surface area contributed by atoms with E-state index >= 15 is 0 Å². The Morgan fingerprint density at radius 3 is 2.61 bits per heavy atom. The molecule has 17 heteroatoms. The molecule has 1 aliphatic heterocycles. The zero-order valence-corrected chi connectivity index (χ0v) is 31.7. The van der Waals surface area contributed by atoms with Crippen LogP contribution in [-0.4, -0.2) is 83.1 Å². The third-order valence-corrected chi connectivity index (χ3v) is 11.8. The predicted molar refractivity (Wildman–Crippen MR) is 203 cm³/mol. The third-order valence-electron chi connectivity index (χ3n) is 9.96. The molecule has 0 unspecified atom stereocenters. The zero-order valence-electron chi connectivity index (χ0n) is 29.4. The summed E-state index contributed by atoms with van der Waals surface area (Å²) < 4.78 is 54.3. The minimum Gasteiger partial charge on any atom is -0.355 e. The number of alkyl halides is 2. The maximum Gasteiger partial charge on any atom is 0.267 e. The first-order valence-electron chi connectivity index (χ1n) is 17.0. The van der Waals surface area contributed by atoms with Crippen LogP contribution in [0.15, 0.2) is 46.8 Å². The maximum atomic E-state index is 14.1. The van der Waals surface area contributed by atoms with Gasteiger partial charge in [-0.1, -0.05) is 23.4 Å². The van der Waals surface area contributed by atoms with E-state index in [0.717, 1.165) is 6.26 Å². The van der Waals surface area contributed by atoms with Gasteiger partial charge in [0.1, 0.15) is 23.3 Å². The van der Waals surface area contributed by atoms with E-state index in [1.54, 1.807) is 31.2 Å². The second-order valence-electron chi connectivity index (χ2n) is 13.6. The number of likely N-dealkylation sites (tertiary alicyclic amines) is 1. The van der Waals surface area contributed by atoms with Crippen LogP contribution in [-0.2, 0) is 16.6 Å². The van der Waals surface area contributed by atoms with Crippen molar-refractivity contribution < 1.29 is 22.0 Å². The number of thiophene rings is 1. The molecule has 278 valence electrons.